The minimum atomic E-state index is -3.41. The third kappa shape index (κ3) is 2.77. The third-order valence-corrected chi connectivity index (χ3v) is 6.36. The zero-order valence-corrected chi connectivity index (χ0v) is 13.0. The second-order valence-corrected chi connectivity index (χ2v) is 8.04. The van der Waals surface area contributed by atoms with Gasteiger partial charge < -0.3 is 10.3 Å². The van der Waals surface area contributed by atoms with Crippen molar-refractivity contribution in [1.82, 2.24) is 14.5 Å². The second-order valence-electron chi connectivity index (χ2n) is 4.73. The van der Waals surface area contributed by atoms with Crippen molar-refractivity contribution in [2.75, 3.05) is 11.5 Å². The molecule has 21 heavy (non-hydrogen) atoms. The number of thiazole rings is 1. The number of fused-ring (bicyclic) bond motifs is 1. The number of hydrogen-bond donors (Lipinski definition) is 1. The zero-order valence-electron chi connectivity index (χ0n) is 11.4. The maximum absolute atomic E-state index is 12.4. The van der Waals surface area contributed by atoms with Crippen LogP contribution in [0, 0.1) is 0 Å². The molecule has 0 saturated heterocycles. The van der Waals surface area contributed by atoms with Crippen LogP contribution in [0.25, 0.3) is 10.2 Å². The molecule has 2 aromatic heterocycles. The number of nitrogens with zero attached hydrogens (tertiary/aromatic N) is 3. The summed E-state index contributed by atoms with van der Waals surface area (Å²) in [5.74, 6) is 0.733. The molecule has 0 amide bonds. The van der Waals surface area contributed by atoms with Crippen molar-refractivity contribution < 1.29 is 8.42 Å². The van der Waals surface area contributed by atoms with Crippen LogP contribution in [0.5, 0.6) is 0 Å². The van der Waals surface area contributed by atoms with E-state index in [0.29, 0.717) is 17.6 Å². The molecule has 3 aromatic rings. The number of anilines is 1. The van der Waals surface area contributed by atoms with E-state index in [1.165, 1.54) is 0 Å². The highest BCUT2D eigenvalue weighted by atomic mass is 32.2. The van der Waals surface area contributed by atoms with E-state index >= 15 is 0 Å². The molecule has 8 heteroatoms. The van der Waals surface area contributed by atoms with E-state index in [9.17, 15) is 8.42 Å². The van der Waals surface area contributed by atoms with E-state index in [1.807, 2.05) is 11.6 Å². The Hall–Kier alpha value is -1.93. The molecule has 0 aliphatic rings. The average Bonchev–Trinajstić information content (AvgIpc) is 3.02. The topological polar surface area (TPSA) is 90.9 Å². The monoisotopic (exact) mass is 322 g/mol. The normalized spacial score (nSPS) is 12.0. The van der Waals surface area contributed by atoms with Gasteiger partial charge in [-0.05, 0) is 18.2 Å². The number of aromatic nitrogens is 3. The largest absolute Gasteiger partial charge is 0.399 e. The molecule has 3 rings (SSSR count). The van der Waals surface area contributed by atoms with Gasteiger partial charge in [-0.15, -0.1) is 11.3 Å². The van der Waals surface area contributed by atoms with Gasteiger partial charge in [0, 0.05) is 31.5 Å². The molecule has 6 nitrogen and oxygen atoms in total. The fourth-order valence-electron chi connectivity index (χ4n) is 2.00. The summed E-state index contributed by atoms with van der Waals surface area (Å²) in [5, 5.41) is 0. The Kier molecular flexibility index (Phi) is 3.42. The van der Waals surface area contributed by atoms with E-state index in [2.05, 4.69) is 9.97 Å². The van der Waals surface area contributed by atoms with Gasteiger partial charge in [0.05, 0.1) is 16.0 Å². The van der Waals surface area contributed by atoms with Crippen LogP contribution in [0.1, 0.15) is 5.82 Å². The highest BCUT2D eigenvalue weighted by molar-refractivity contribution is 7.93. The van der Waals surface area contributed by atoms with E-state index in [-0.39, 0.29) is 10.1 Å². The molecule has 0 atom stereocenters. The lowest BCUT2D eigenvalue weighted by Crippen LogP contribution is -2.11. The Morgan fingerprint density at radius 1 is 1.38 bits per heavy atom. The summed E-state index contributed by atoms with van der Waals surface area (Å²) in [6.07, 6.45) is 3.81. The predicted molar refractivity (Wildman–Crippen MR) is 83.0 cm³/mol. The molecule has 0 saturated carbocycles. The lowest BCUT2D eigenvalue weighted by atomic mass is 10.3. The van der Waals surface area contributed by atoms with E-state index in [1.54, 1.807) is 30.6 Å². The van der Waals surface area contributed by atoms with Crippen LogP contribution in [0.4, 0.5) is 5.69 Å². The van der Waals surface area contributed by atoms with Gasteiger partial charge in [0.15, 0.2) is 0 Å². The minimum absolute atomic E-state index is 0.00679. The van der Waals surface area contributed by atoms with Gasteiger partial charge in [0.25, 0.3) is 0 Å². The van der Waals surface area contributed by atoms with Gasteiger partial charge in [-0.2, -0.15) is 0 Å². The lowest BCUT2D eigenvalue weighted by Gasteiger charge is -2.01. The molecule has 0 unspecified atom stereocenters. The summed E-state index contributed by atoms with van der Waals surface area (Å²) in [6, 6.07) is 5.19. The van der Waals surface area contributed by atoms with Gasteiger partial charge in [0.1, 0.15) is 5.82 Å². The Morgan fingerprint density at radius 2 is 2.19 bits per heavy atom. The number of nitrogens with two attached hydrogens (primary N) is 1. The van der Waals surface area contributed by atoms with Crippen LogP contribution in [-0.2, 0) is 23.3 Å². The van der Waals surface area contributed by atoms with Crippen LogP contribution >= 0.6 is 11.3 Å². The number of rotatable bonds is 4. The van der Waals surface area contributed by atoms with Crippen molar-refractivity contribution in [3.8, 4) is 0 Å². The molecule has 0 radical (unpaired) electrons. The average molecular weight is 322 g/mol. The molecule has 110 valence electrons. The maximum atomic E-state index is 12.4. The molecule has 2 heterocycles. The van der Waals surface area contributed by atoms with Crippen molar-refractivity contribution in [1.29, 1.82) is 0 Å². The molecule has 0 aliphatic carbocycles. The van der Waals surface area contributed by atoms with Gasteiger partial charge in [0.2, 0.25) is 14.2 Å². The number of benzene rings is 1. The smallest absolute Gasteiger partial charge is 0.210 e. The van der Waals surface area contributed by atoms with Crippen molar-refractivity contribution >= 4 is 37.1 Å². The summed E-state index contributed by atoms with van der Waals surface area (Å²) < 4.78 is 27.5. The molecule has 0 aliphatic heterocycles. The molecule has 0 bridgehead atoms. The first-order chi connectivity index (χ1) is 9.95. The van der Waals surface area contributed by atoms with Crippen molar-refractivity contribution in [2.45, 2.75) is 10.8 Å². The van der Waals surface area contributed by atoms with Crippen LogP contribution in [-0.4, -0.2) is 28.7 Å². The molecular weight excluding hydrogens is 308 g/mol. The fraction of sp³-hybridized carbons (Fsp3) is 0.231. The van der Waals surface area contributed by atoms with Crippen LogP contribution in [0.3, 0.4) is 0 Å². The van der Waals surface area contributed by atoms with Crippen LogP contribution < -0.4 is 5.73 Å². The van der Waals surface area contributed by atoms with Crippen molar-refractivity contribution in [3.05, 3.63) is 36.4 Å². The Labute approximate surface area is 126 Å². The second kappa shape index (κ2) is 5.12. The zero-order chi connectivity index (χ0) is 15.0. The fourth-order valence-corrected chi connectivity index (χ4v) is 4.64. The Balaban J connectivity index is 1.87. The van der Waals surface area contributed by atoms with Gasteiger partial charge in [-0.3, -0.25) is 0 Å². The SMILES string of the molecule is Cn1ccnc1CCS(=O)(=O)c1nc2ccc(N)cc2s1. The number of aryl methyl sites for hydroxylation is 2. The standard InChI is InChI=1S/C13H14N4O2S2/c1-17-6-5-15-12(17)4-7-21(18,19)13-16-10-3-2-9(14)8-11(10)20-13/h2-3,5-6,8H,4,7,14H2,1H3. The quantitative estimate of drug-likeness (QED) is 0.737. The van der Waals surface area contributed by atoms with Gasteiger partial charge >= 0.3 is 0 Å². The minimum Gasteiger partial charge on any atom is -0.399 e. The van der Waals surface area contributed by atoms with E-state index in [0.717, 1.165) is 21.9 Å². The Morgan fingerprint density at radius 3 is 2.90 bits per heavy atom. The first kappa shape index (κ1) is 14.0. The van der Waals surface area contributed by atoms with Crippen molar-refractivity contribution in [3.63, 3.8) is 0 Å². The Bertz CT molecular complexity index is 896. The number of hydrogen-bond acceptors (Lipinski definition) is 6. The molecule has 2 N–H and O–H groups in total. The first-order valence-corrected chi connectivity index (χ1v) is 8.77. The summed E-state index contributed by atoms with van der Waals surface area (Å²) in [7, 11) is -1.57. The number of imidazole rings is 1. The summed E-state index contributed by atoms with van der Waals surface area (Å²) in [5.41, 5.74) is 6.96. The van der Waals surface area contributed by atoms with E-state index in [4.69, 9.17) is 5.73 Å². The van der Waals surface area contributed by atoms with Gasteiger partial charge in [-0.1, -0.05) is 0 Å². The third-order valence-electron chi connectivity index (χ3n) is 3.17. The number of nitrogen functional groups attached to an aromatic ring is 1. The maximum Gasteiger partial charge on any atom is 0.210 e. The lowest BCUT2D eigenvalue weighted by molar-refractivity contribution is 0.593. The summed E-state index contributed by atoms with van der Waals surface area (Å²) in [4.78, 5) is 8.33. The molecule has 1 aromatic carbocycles. The van der Waals surface area contributed by atoms with Crippen LogP contribution in [0.15, 0.2) is 34.9 Å². The highest BCUT2D eigenvalue weighted by Crippen LogP contribution is 2.27. The summed E-state index contributed by atoms with van der Waals surface area (Å²) in [6.45, 7) is 0. The molecule has 0 spiro atoms. The molecular formula is C13H14N4O2S2. The predicted octanol–water partition coefficient (Wildman–Crippen LogP) is 1.63. The molecule has 0 fully saturated rings. The summed E-state index contributed by atoms with van der Waals surface area (Å²) >= 11 is 1.15. The van der Waals surface area contributed by atoms with Crippen LogP contribution in [0.2, 0.25) is 0 Å². The highest BCUT2D eigenvalue weighted by Gasteiger charge is 2.20. The van der Waals surface area contributed by atoms with Crippen molar-refractivity contribution in [2.24, 2.45) is 7.05 Å². The van der Waals surface area contributed by atoms with E-state index < -0.39 is 9.84 Å². The number of sulfone groups is 1. The van der Waals surface area contributed by atoms with Gasteiger partial charge in [-0.25, -0.2) is 18.4 Å². The first-order valence-electron chi connectivity index (χ1n) is 6.31.